The van der Waals surface area contributed by atoms with E-state index >= 15 is 0 Å². The summed E-state index contributed by atoms with van der Waals surface area (Å²) in [5, 5.41) is 0.128. The molecule has 2 aromatic heterocycles. The number of methoxy groups -OCH3 is 1. The van der Waals surface area contributed by atoms with Crippen LogP contribution in [0.15, 0.2) is 30.6 Å². The van der Waals surface area contributed by atoms with Gasteiger partial charge < -0.3 is 14.2 Å². The third kappa shape index (κ3) is 3.55. The van der Waals surface area contributed by atoms with Crippen LogP contribution in [0.3, 0.4) is 0 Å². The molecule has 9 heteroatoms. The maximum atomic E-state index is 13.7. The van der Waals surface area contributed by atoms with Gasteiger partial charge in [-0.15, -0.1) is 0 Å². The Morgan fingerprint density at radius 1 is 1.34 bits per heavy atom. The maximum absolute atomic E-state index is 13.7. The number of rotatable bonds is 4. The second kappa shape index (κ2) is 7.44. The summed E-state index contributed by atoms with van der Waals surface area (Å²) in [6.07, 6.45) is 3.44. The van der Waals surface area contributed by atoms with E-state index in [9.17, 15) is 9.18 Å². The van der Waals surface area contributed by atoms with E-state index in [-0.39, 0.29) is 23.0 Å². The van der Waals surface area contributed by atoms with Gasteiger partial charge in [0.25, 0.3) is 5.91 Å². The Hall–Kier alpha value is -3.00. The third-order valence-corrected chi connectivity index (χ3v) is 5.16. The molecule has 1 aromatic carbocycles. The van der Waals surface area contributed by atoms with Gasteiger partial charge in [0, 0.05) is 31.5 Å². The molecule has 29 heavy (non-hydrogen) atoms. The molecule has 1 atom stereocenters. The van der Waals surface area contributed by atoms with E-state index in [2.05, 4.69) is 15.0 Å². The molecule has 0 radical (unpaired) electrons. The number of benzene rings is 1. The molecule has 150 valence electrons. The molecule has 0 N–H and O–H groups in total. The topological polar surface area (TPSA) is 73.1 Å². The van der Waals surface area contributed by atoms with Gasteiger partial charge in [0.15, 0.2) is 17.4 Å². The first-order chi connectivity index (χ1) is 13.9. The second-order valence-electron chi connectivity index (χ2n) is 7.02. The molecular formula is C20H19ClFN5O2. The van der Waals surface area contributed by atoms with E-state index in [4.69, 9.17) is 16.3 Å². The summed E-state index contributed by atoms with van der Waals surface area (Å²) < 4.78 is 20.6. The van der Waals surface area contributed by atoms with Crippen LogP contribution in [-0.2, 0) is 13.1 Å². The van der Waals surface area contributed by atoms with Crippen LogP contribution in [0.25, 0.3) is 11.4 Å². The highest BCUT2D eigenvalue weighted by atomic mass is 35.5. The number of imidazole rings is 1. The molecule has 0 bridgehead atoms. The molecule has 1 amide bonds. The molecule has 7 nitrogen and oxygen atoms in total. The molecule has 4 rings (SSSR count). The summed E-state index contributed by atoms with van der Waals surface area (Å²) in [5.74, 6) is -0.148. The molecule has 0 spiro atoms. The quantitative estimate of drug-likeness (QED) is 0.610. The van der Waals surface area contributed by atoms with Gasteiger partial charge in [0.2, 0.25) is 5.28 Å². The van der Waals surface area contributed by atoms with Crippen molar-refractivity contribution in [3.63, 3.8) is 0 Å². The number of aryl methyl sites for hydroxylation is 1. The van der Waals surface area contributed by atoms with Gasteiger partial charge >= 0.3 is 0 Å². The Bertz CT molecular complexity index is 1100. The van der Waals surface area contributed by atoms with Gasteiger partial charge in [0.05, 0.1) is 12.8 Å². The van der Waals surface area contributed by atoms with Crippen LogP contribution < -0.4 is 4.74 Å². The fourth-order valence-electron chi connectivity index (χ4n) is 3.46. The maximum Gasteiger partial charge on any atom is 0.290 e. The van der Waals surface area contributed by atoms with Crippen molar-refractivity contribution in [1.29, 1.82) is 0 Å². The first-order valence-corrected chi connectivity index (χ1v) is 9.45. The summed E-state index contributed by atoms with van der Waals surface area (Å²) in [5.41, 5.74) is 2.78. The van der Waals surface area contributed by atoms with Crippen LogP contribution in [0.1, 0.15) is 28.7 Å². The van der Waals surface area contributed by atoms with E-state index in [0.717, 1.165) is 11.1 Å². The highest BCUT2D eigenvalue weighted by molar-refractivity contribution is 6.28. The SMILES string of the molecule is COc1cc(CN2C(=O)c3nc(-c4nc(Cl)ncc4C)cn3C[C@@H]2C)ccc1F. The average molecular weight is 416 g/mol. The van der Waals surface area contributed by atoms with Gasteiger partial charge in [-0.2, -0.15) is 0 Å². The largest absolute Gasteiger partial charge is 0.494 e. The second-order valence-corrected chi connectivity index (χ2v) is 7.36. The van der Waals surface area contributed by atoms with Crippen molar-refractivity contribution in [2.45, 2.75) is 33.0 Å². The van der Waals surface area contributed by atoms with Gasteiger partial charge in [-0.05, 0) is 48.7 Å². The summed E-state index contributed by atoms with van der Waals surface area (Å²) in [4.78, 5) is 27.6. The molecule has 1 aliphatic rings. The molecule has 0 saturated carbocycles. The standard InChI is InChI=1S/C20H19ClFN5O2/c1-11-7-23-20(21)25-17(11)15-10-26-8-12(2)27(19(28)18(26)24-15)9-13-4-5-14(22)16(6-13)29-3/h4-7,10,12H,8-9H2,1-3H3/t12-/m0/s1. The minimum atomic E-state index is -0.437. The summed E-state index contributed by atoms with van der Waals surface area (Å²) in [7, 11) is 1.41. The Kier molecular flexibility index (Phi) is 4.96. The lowest BCUT2D eigenvalue weighted by Crippen LogP contribution is -2.46. The van der Waals surface area contributed by atoms with Crippen LogP contribution in [0.2, 0.25) is 5.28 Å². The number of hydrogen-bond acceptors (Lipinski definition) is 5. The first-order valence-electron chi connectivity index (χ1n) is 9.07. The number of hydrogen-bond donors (Lipinski definition) is 0. The van der Waals surface area contributed by atoms with Crippen LogP contribution in [0.5, 0.6) is 5.75 Å². The lowest BCUT2D eigenvalue weighted by Gasteiger charge is -2.33. The predicted octanol–water partition coefficient (Wildman–Crippen LogP) is 3.49. The van der Waals surface area contributed by atoms with Gasteiger partial charge in [-0.1, -0.05) is 6.07 Å². The molecule has 0 unspecified atom stereocenters. The van der Waals surface area contributed by atoms with Crippen molar-refractivity contribution in [3.8, 4) is 17.1 Å². The number of nitrogens with zero attached hydrogens (tertiary/aromatic N) is 5. The lowest BCUT2D eigenvalue weighted by molar-refractivity contribution is 0.0587. The van der Waals surface area contributed by atoms with Crippen LogP contribution in [0, 0.1) is 12.7 Å². The number of ether oxygens (including phenoxy) is 1. The smallest absolute Gasteiger partial charge is 0.290 e. The molecule has 0 fully saturated rings. The number of fused-ring (bicyclic) bond motifs is 1. The lowest BCUT2D eigenvalue weighted by atomic mass is 10.1. The van der Waals surface area contributed by atoms with E-state index < -0.39 is 5.82 Å². The number of aromatic nitrogens is 4. The normalized spacial score (nSPS) is 16.1. The number of carbonyl (C=O) groups is 1. The minimum Gasteiger partial charge on any atom is -0.494 e. The number of halogens is 2. The van der Waals surface area contributed by atoms with Crippen molar-refractivity contribution in [1.82, 2.24) is 24.4 Å². The molecular weight excluding hydrogens is 397 g/mol. The van der Waals surface area contributed by atoms with E-state index in [1.807, 2.05) is 24.6 Å². The molecule has 3 heterocycles. The van der Waals surface area contributed by atoms with E-state index in [1.54, 1.807) is 23.2 Å². The Labute approximate surface area is 172 Å². The Morgan fingerprint density at radius 3 is 2.90 bits per heavy atom. The summed E-state index contributed by atoms with van der Waals surface area (Å²) in [6, 6.07) is 4.53. The monoisotopic (exact) mass is 415 g/mol. The predicted molar refractivity (Wildman–Crippen MR) is 105 cm³/mol. The van der Waals surface area contributed by atoms with Crippen molar-refractivity contribution < 1.29 is 13.9 Å². The van der Waals surface area contributed by atoms with Gasteiger partial charge in [0.1, 0.15) is 5.69 Å². The molecule has 0 aliphatic carbocycles. The zero-order valence-electron chi connectivity index (χ0n) is 16.2. The summed E-state index contributed by atoms with van der Waals surface area (Å²) >= 11 is 5.93. The molecule has 1 aliphatic heterocycles. The first kappa shape index (κ1) is 19.3. The Morgan fingerprint density at radius 2 is 2.14 bits per heavy atom. The van der Waals surface area contributed by atoms with Gasteiger partial charge in [-0.25, -0.2) is 19.3 Å². The number of amides is 1. The fourth-order valence-corrected chi connectivity index (χ4v) is 3.59. The summed E-state index contributed by atoms with van der Waals surface area (Å²) in [6.45, 7) is 4.75. The molecule has 0 saturated heterocycles. The highest BCUT2D eigenvalue weighted by Crippen LogP contribution is 2.27. The van der Waals surface area contributed by atoms with Crippen LogP contribution in [-0.4, -0.2) is 43.5 Å². The fraction of sp³-hybridized carbons (Fsp3) is 0.300. The van der Waals surface area contributed by atoms with Crippen LogP contribution >= 0.6 is 11.6 Å². The highest BCUT2D eigenvalue weighted by Gasteiger charge is 2.32. The van der Waals surface area contributed by atoms with Crippen LogP contribution in [0.4, 0.5) is 4.39 Å². The van der Waals surface area contributed by atoms with Gasteiger partial charge in [-0.3, -0.25) is 4.79 Å². The van der Waals surface area contributed by atoms with Crippen molar-refractivity contribution in [3.05, 3.63) is 58.6 Å². The third-order valence-electron chi connectivity index (χ3n) is 4.98. The molecule has 3 aromatic rings. The van der Waals surface area contributed by atoms with Crippen molar-refractivity contribution in [2.24, 2.45) is 0 Å². The minimum absolute atomic E-state index is 0.0665. The Balaban J connectivity index is 1.65. The average Bonchev–Trinajstić information content (AvgIpc) is 3.12. The van der Waals surface area contributed by atoms with E-state index in [0.29, 0.717) is 30.3 Å². The zero-order chi connectivity index (χ0) is 20.7. The van der Waals surface area contributed by atoms with E-state index in [1.165, 1.54) is 13.2 Å². The van der Waals surface area contributed by atoms with Crippen molar-refractivity contribution >= 4 is 17.5 Å². The number of carbonyl (C=O) groups excluding carboxylic acids is 1. The van der Waals surface area contributed by atoms with Crippen molar-refractivity contribution in [2.75, 3.05) is 7.11 Å². The zero-order valence-corrected chi connectivity index (χ0v) is 16.9.